The number of nitrogens with one attached hydrogen (secondary N) is 1. The van der Waals surface area contributed by atoms with Crippen LogP contribution in [-0.2, 0) is 0 Å². The predicted molar refractivity (Wildman–Crippen MR) is 89.5 cm³/mol. The lowest BCUT2D eigenvalue weighted by Gasteiger charge is -2.12. The van der Waals surface area contributed by atoms with Gasteiger partial charge in [-0.15, -0.1) is 0 Å². The number of aromatic hydroxyl groups is 1. The van der Waals surface area contributed by atoms with Crippen LogP contribution in [0.5, 0.6) is 11.5 Å². The van der Waals surface area contributed by atoms with Crippen LogP contribution in [0.2, 0.25) is 0 Å². The van der Waals surface area contributed by atoms with Gasteiger partial charge in [0.2, 0.25) is 0 Å². The number of aryl methyl sites for hydroxylation is 2. The topological polar surface area (TPSA) is 54.4 Å². The Labute approximate surface area is 127 Å². The monoisotopic (exact) mass is 304 g/mol. The van der Waals surface area contributed by atoms with E-state index in [1.165, 1.54) is 11.1 Å². The van der Waals surface area contributed by atoms with Crippen LogP contribution < -0.4 is 15.4 Å². The zero-order chi connectivity index (χ0) is 15.4. The molecule has 0 amide bonds. The standard InChI is InChI=1S/C16H21N2O2P/c1-10-5-6-17-16(12(10)3)18-9-21-13-7-11(2)15(19)14(8-13)20-4/h5-8,19,21H,9H2,1-4H3,(H,17,18). The third-order valence-corrected chi connectivity index (χ3v) is 4.56. The summed E-state index contributed by atoms with van der Waals surface area (Å²) in [5, 5.41) is 14.4. The Bertz CT molecular complexity index is 644. The van der Waals surface area contributed by atoms with Crippen molar-refractivity contribution in [2.75, 3.05) is 18.7 Å². The van der Waals surface area contributed by atoms with Crippen LogP contribution in [0.4, 0.5) is 5.82 Å². The van der Waals surface area contributed by atoms with Gasteiger partial charge in [0.25, 0.3) is 0 Å². The second kappa shape index (κ2) is 6.77. The van der Waals surface area contributed by atoms with Crippen LogP contribution in [0.15, 0.2) is 24.4 Å². The minimum absolute atomic E-state index is 0.218. The molecule has 0 saturated carbocycles. The Kier molecular flexibility index (Phi) is 5.03. The van der Waals surface area contributed by atoms with E-state index in [9.17, 15) is 5.11 Å². The first-order valence-corrected chi connectivity index (χ1v) is 8.01. The molecule has 1 aromatic carbocycles. The smallest absolute Gasteiger partial charge is 0.161 e. The van der Waals surface area contributed by atoms with Crippen molar-refractivity contribution < 1.29 is 9.84 Å². The molecule has 2 N–H and O–H groups in total. The van der Waals surface area contributed by atoms with Gasteiger partial charge >= 0.3 is 0 Å². The van der Waals surface area contributed by atoms with Crippen LogP contribution >= 0.6 is 8.58 Å². The Morgan fingerprint density at radius 1 is 1.24 bits per heavy atom. The van der Waals surface area contributed by atoms with E-state index in [-0.39, 0.29) is 5.75 Å². The summed E-state index contributed by atoms with van der Waals surface area (Å²) >= 11 is 0. The van der Waals surface area contributed by atoms with Gasteiger partial charge in [-0.1, -0.05) is 8.58 Å². The molecule has 2 rings (SSSR count). The van der Waals surface area contributed by atoms with Crippen molar-refractivity contribution in [1.29, 1.82) is 0 Å². The summed E-state index contributed by atoms with van der Waals surface area (Å²) in [4.78, 5) is 4.36. The summed E-state index contributed by atoms with van der Waals surface area (Å²) in [6.45, 7) is 6.03. The quantitative estimate of drug-likeness (QED) is 0.834. The fourth-order valence-electron chi connectivity index (χ4n) is 2.05. The minimum Gasteiger partial charge on any atom is -0.504 e. The number of hydrogen-bond donors (Lipinski definition) is 2. The van der Waals surface area contributed by atoms with Gasteiger partial charge in [0, 0.05) is 12.5 Å². The third kappa shape index (κ3) is 3.64. The summed E-state index contributed by atoms with van der Waals surface area (Å²) < 4.78 is 5.19. The summed E-state index contributed by atoms with van der Waals surface area (Å²) in [6.07, 6.45) is 2.63. The molecule has 0 fully saturated rings. The molecule has 0 spiro atoms. The van der Waals surface area contributed by atoms with Crippen molar-refractivity contribution in [1.82, 2.24) is 4.98 Å². The van der Waals surface area contributed by atoms with Gasteiger partial charge in [0.05, 0.1) is 7.11 Å². The van der Waals surface area contributed by atoms with Gasteiger partial charge < -0.3 is 15.2 Å². The zero-order valence-electron chi connectivity index (χ0n) is 12.8. The van der Waals surface area contributed by atoms with E-state index in [1.54, 1.807) is 7.11 Å². The third-order valence-electron chi connectivity index (χ3n) is 3.51. The molecule has 112 valence electrons. The van der Waals surface area contributed by atoms with Crippen molar-refractivity contribution in [2.45, 2.75) is 20.8 Å². The van der Waals surface area contributed by atoms with E-state index in [0.717, 1.165) is 23.0 Å². The largest absolute Gasteiger partial charge is 0.504 e. The first-order chi connectivity index (χ1) is 10.0. The molecule has 0 radical (unpaired) electrons. The molecule has 0 aliphatic heterocycles. The molecule has 21 heavy (non-hydrogen) atoms. The number of phenolic OH excluding ortho intramolecular Hbond substituents is 1. The lowest BCUT2D eigenvalue weighted by Crippen LogP contribution is -2.06. The number of methoxy groups -OCH3 is 1. The Morgan fingerprint density at radius 3 is 2.71 bits per heavy atom. The molecule has 0 saturated heterocycles. The van der Waals surface area contributed by atoms with Crippen molar-refractivity contribution in [3.63, 3.8) is 0 Å². The van der Waals surface area contributed by atoms with Crippen LogP contribution in [0.1, 0.15) is 16.7 Å². The first kappa shape index (κ1) is 15.6. The highest BCUT2D eigenvalue weighted by Crippen LogP contribution is 2.30. The average molecular weight is 304 g/mol. The molecular formula is C16H21N2O2P. The first-order valence-electron chi connectivity index (χ1n) is 6.80. The number of benzene rings is 1. The van der Waals surface area contributed by atoms with Gasteiger partial charge in [0.1, 0.15) is 5.82 Å². The second-order valence-electron chi connectivity index (χ2n) is 4.98. The van der Waals surface area contributed by atoms with Crippen molar-refractivity contribution in [2.24, 2.45) is 0 Å². The van der Waals surface area contributed by atoms with Gasteiger partial charge in [0.15, 0.2) is 11.5 Å². The van der Waals surface area contributed by atoms with E-state index in [2.05, 4.69) is 24.1 Å². The fraction of sp³-hybridized carbons (Fsp3) is 0.312. The number of nitrogens with zero attached hydrogens (tertiary/aromatic N) is 1. The Balaban J connectivity index is 2.04. The number of rotatable bonds is 5. The SMILES string of the molecule is COc1cc(PCNc2nccc(C)c2C)cc(C)c1O. The molecular weight excluding hydrogens is 283 g/mol. The summed E-state index contributed by atoms with van der Waals surface area (Å²) in [7, 11) is 2.14. The maximum atomic E-state index is 9.84. The van der Waals surface area contributed by atoms with Gasteiger partial charge in [-0.25, -0.2) is 4.98 Å². The van der Waals surface area contributed by atoms with Crippen LogP contribution in [0, 0.1) is 20.8 Å². The molecule has 1 atom stereocenters. The number of anilines is 1. The summed E-state index contributed by atoms with van der Waals surface area (Å²) in [5.41, 5.74) is 3.25. The summed E-state index contributed by atoms with van der Waals surface area (Å²) in [6, 6.07) is 5.89. The Morgan fingerprint density at radius 2 is 2.00 bits per heavy atom. The highest BCUT2D eigenvalue weighted by molar-refractivity contribution is 7.47. The number of hydrogen-bond acceptors (Lipinski definition) is 4. The molecule has 2 aromatic rings. The fourth-order valence-corrected chi connectivity index (χ4v) is 3.06. The molecule has 1 unspecified atom stereocenters. The molecule has 1 heterocycles. The molecule has 0 aliphatic rings. The highest BCUT2D eigenvalue weighted by atomic mass is 31.1. The highest BCUT2D eigenvalue weighted by Gasteiger charge is 2.07. The lowest BCUT2D eigenvalue weighted by atomic mass is 10.2. The van der Waals surface area contributed by atoms with Gasteiger partial charge in [-0.3, -0.25) is 0 Å². The molecule has 0 aliphatic carbocycles. The van der Waals surface area contributed by atoms with Gasteiger partial charge in [-0.05, 0) is 61.0 Å². The molecule has 5 heteroatoms. The maximum absolute atomic E-state index is 9.84. The normalized spacial score (nSPS) is 11.0. The van der Waals surface area contributed by atoms with Crippen LogP contribution in [0.25, 0.3) is 0 Å². The van der Waals surface area contributed by atoms with Crippen LogP contribution in [-0.4, -0.2) is 23.5 Å². The number of phenols is 1. The minimum atomic E-state index is 0.218. The zero-order valence-corrected chi connectivity index (χ0v) is 13.8. The average Bonchev–Trinajstić information content (AvgIpc) is 2.47. The molecule has 4 nitrogen and oxygen atoms in total. The summed E-state index contributed by atoms with van der Waals surface area (Å²) in [5.74, 6) is 1.68. The number of aromatic nitrogens is 1. The van der Waals surface area contributed by atoms with E-state index in [1.807, 2.05) is 31.3 Å². The van der Waals surface area contributed by atoms with E-state index >= 15 is 0 Å². The van der Waals surface area contributed by atoms with E-state index < -0.39 is 0 Å². The van der Waals surface area contributed by atoms with E-state index in [0.29, 0.717) is 14.3 Å². The van der Waals surface area contributed by atoms with Crippen molar-refractivity contribution in [3.05, 3.63) is 41.1 Å². The maximum Gasteiger partial charge on any atom is 0.161 e. The lowest BCUT2D eigenvalue weighted by molar-refractivity contribution is 0.372. The van der Waals surface area contributed by atoms with E-state index in [4.69, 9.17) is 4.74 Å². The second-order valence-corrected chi connectivity index (χ2v) is 6.26. The number of ether oxygens (including phenoxy) is 1. The van der Waals surface area contributed by atoms with Crippen molar-refractivity contribution in [3.8, 4) is 11.5 Å². The van der Waals surface area contributed by atoms with Crippen LogP contribution in [0.3, 0.4) is 0 Å². The van der Waals surface area contributed by atoms with Crippen molar-refractivity contribution >= 4 is 19.7 Å². The van der Waals surface area contributed by atoms with Gasteiger partial charge in [-0.2, -0.15) is 0 Å². The Hall–Kier alpha value is -1.80. The predicted octanol–water partition coefficient (Wildman–Crippen LogP) is 3.09. The molecule has 1 aromatic heterocycles. The number of pyridine rings is 1. The molecule has 0 bridgehead atoms.